The number of carbonyl (C=O) groups is 1. The summed E-state index contributed by atoms with van der Waals surface area (Å²) >= 11 is 0. The smallest absolute Gasteiger partial charge is 0.149 e. The zero-order chi connectivity index (χ0) is 9.56. The minimum atomic E-state index is 0.175. The fourth-order valence-electron chi connectivity index (χ4n) is 0.956. The van der Waals surface area contributed by atoms with E-state index in [1.165, 1.54) is 12.8 Å². The SMILES string of the molecule is CCCCN(C)CC(=O)C(C)C. The second-order valence-corrected chi connectivity index (χ2v) is 3.71. The molecule has 0 saturated carbocycles. The Morgan fingerprint density at radius 3 is 2.42 bits per heavy atom. The summed E-state index contributed by atoms with van der Waals surface area (Å²) in [6.07, 6.45) is 2.38. The van der Waals surface area contributed by atoms with Gasteiger partial charge in [-0.25, -0.2) is 0 Å². The molecule has 0 aliphatic heterocycles. The van der Waals surface area contributed by atoms with Crippen molar-refractivity contribution in [2.45, 2.75) is 33.6 Å². The van der Waals surface area contributed by atoms with Crippen LogP contribution in [-0.2, 0) is 4.79 Å². The van der Waals surface area contributed by atoms with Gasteiger partial charge in [-0.15, -0.1) is 0 Å². The van der Waals surface area contributed by atoms with Crippen LogP contribution in [0.15, 0.2) is 0 Å². The van der Waals surface area contributed by atoms with Crippen LogP contribution in [0, 0.1) is 5.92 Å². The topological polar surface area (TPSA) is 20.3 Å². The summed E-state index contributed by atoms with van der Waals surface area (Å²) in [7, 11) is 2.01. The average Bonchev–Trinajstić information content (AvgIpc) is 2.00. The van der Waals surface area contributed by atoms with Gasteiger partial charge in [0.15, 0.2) is 0 Å². The molecular weight excluding hydrogens is 150 g/mol. The molecule has 0 rings (SSSR count). The Bertz CT molecular complexity index is 132. The predicted molar refractivity (Wildman–Crippen MR) is 52.3 cm³/mol. The van der Waals surface area contributed by atoms with E-state index < -0.39 is 0 Å². The van der Waals surface area contributed by atoms with Crippen molar-refractivity contribution in [3.63, 3.8) is 0 Å². The van der Waals surface area contributed by atoms with Crippen LogP contribution in [0.5, 0.6) is 0 Å². The minimum Gasteiger partial charge on any atom is -0.299 e. The van der Waals surface area contributed by atoms with E-state index in [4.69, 9.17) is 0 Å². The molecule has 0 spiro atoms. The Labute approximate surface area is 75.9 Å². The second kappa shape index (κ2) is 6.18. The summed E-state index contributed by atoms with van der Waals surface area (Å²) < 4.78 is 0. The first kappa shape index (κ1) is 11.6. The van der Waals surface area contributed by atoms with Crippen molar-refractivity contribution in [3.8, 4) is 0 Å². The monoisotopic (exact) mass is 171 g/mol. The lowest BCUT2D eigenvalue weighted by atomic mass is 10.1. The fraction of sp³-hybridized carbons (Fsp3) is 0.900. The third kappa shape index (κ3) is 5.30. The highest BCUT2D eigenvalue weighted by Crippen LogP contribution is 1.97. The Morgan fingerprint density at radius 2 is 2.00 bits per heavy atom. The number of rotatable bonds is 6. The maximum Gasteiger partial charge on any atom is 0.149 e. The highest BCUT2D eigenvalue weighted by Gasteiger charge is 2.09. The summed E-state index contributed by atoms with van der Waals surface area (Å²) in [5.74, 6) is 0.516. The van der Waals surface area contributed by atoms with Crippen LogP contribution in [0.2, 0.25) is 0 Å². The molecule has 0 radical (unpaired) electrons. The number of ketones is 1. The largest absolute Gasteiger partial charge is 0.299 e. The summed E-state index contributed by atoms with van der Waals surface area (Å²) in [6.45, 7) is 7.72. The molecule has 0 unspecified atom stereocenters. The number of unbranched alkanes of at least 4 members (excludes halogenated alkanes) is 1. The number of Topliss-reactive ketones (excluding diaryl/α,β-unsaturated/α-hetero) is 1. The molecule has 0 fully saturated rings. The van der Waals surface area contributed by atoms with Crippen LogP contribution in [0.3, 0.4) is 0 Å². The molecule has 0 N–H and O–H groups in total. The quantitative estimate of drug-likeness (QED) is 0.608. The molecule has 0 aromatic heterocycles. The molecule has 12 heavy (non-hydrogen) atoms. The lowest BCUT2D eigenvalue weighted by Crippen LogP contribution is -2.29. The third-order valence-electron chi connectivity index (χ3n) is 1.96. The first-order valence-corrected chi connectivity index (χ1v) is 4.79. The van der Waals surface area contributed by atoms with Crippen LogP contribution in [0.1, 0.15) is 33.6 Å². The fourth-order valence-corrected chi connectivity index (χ4v) is 0.956. The van der Waals surface area contributed by atoms with Gasteiger partial charge < -0.3 is 0 Å². The molecule has 72 valence electrons. The summed E-state index contributed by atoms with van der Waals surface area (Å²) in [4.78, 5) is 13.4. The van der Waals surface area contributed by atoms with E-state index in [1.807, 2.05) is 20.9 Å². The van der Waals surface area contributed by atoms with Crippen molar-refractivity contribution in [2.24, 2.45) is 5.92 Å². The van der Waals surface area contributed by atoms with Crippen LogP contribution in [-0.4, -0.2) is 30.8 Å². The van der Waals surface area contributed by atoms with Gasteiger partial charge in [-0.3, -0.25) is 9.69 Å². The van der Waals surface area contributed by atoms with E-state index in [-0.39, 0.29) is 5.92 Å². The van der Waals surface area contributed by atoms with E-state index >= 15 is 0 Å². The van der Waals surface area contributed by atoms with Gasteiger partial charge in [-0.2, -0.15) is 0 Å². The van der Waals surface area contributed by atoms with E-state index in [2.05, 4.69) is 11.8 Å². The van der Waals surface area contributed by atoms with Crippen molar-refractivity contribution in [1.82, 2.24) is 4.90 Å². The van der Waals surface area contributed by atoms with Crippen molar-refractivity contribution in [3.05, 3.63) is 0 Å². The van der Waals surface area contributed by atoms with Gasteiger partial charge in [-0.1, -0.05) is 27.2 Å². The van der Waals surface area contributed by atoms with Gasteiger partial charge in [0.2, 0.25) is 0 Å². The average molecular weight is 171 g/mol. The zero-order valence-electron chi connectivity index (χ0n) is 8.76. The lowest BCUT2D eigenvalue weighted by Gasteiger charge is -2.16. The molecule has 2 nitrogen and oxygen atoms in total. The van der Waals surface area contributed by atoms with Crippen molar-refractivity contribution in [1.29, 1.82) is 0 Å². The highest BCUT2D eigenvalue weighted by molar-refractivity contribution is 5.82. The maximum absolute atomic E-state index is 11.3. The summed E-state index contributed by atoms with van der Waals surface area (Å²) in [6, 6.07) is 0. The molecule has 0 bridgehead atoms. The Morgan fingerprint density at radius 1 is 1.42 bits per heavy atom. The maximum atomic E-state index is 11.3. The lowest BCUT2D eigenvalue weighted by molar-refractivity contribution is -0.122. The minimum absolute atomic E-state index is 0.175. The molecule has 0 heterocycles. The highest BCUT2D eigenvalue weighted by atomic mass is 16.1. The number of likely N-dealkylation sites (N-methyl/N-ethyl adjacent to an activating group) is 1. The van der Waals surface area contributed by atoms with E-state index in [1.54, 1.807) is 0 Å². The molecule has 0 atom stereocenters. The Hall–Kier alpha value is -0.370. The first-order valence-electron chi connectivity index (χ1n) is 4.79. The standard InChI is InChI=1S/C10H21NO/c1-5-6-7-11(4)8-10(12)9(2)3/h9H,5-8H2,1-4H3. The van der Waals surface area contributed by atoms with Crippen LogP contribution in [0.4, 0.5) is 0 Å². The predicted octanol–water partition coefficient (Wildman–Crippen LogP) is 1.94. The molecule has 0 aliphatic rings. The second-order valence-electron chi connectivity index (χ2n) is 3.71. The van der Waals surface area contributed by atoms with Gasteiger partial charge in [0.05, 0.1) is 6.54 Å². The first-order chi connectivity index (χ1) is 5.57. The molecule has 2 heteroatoms. The number of hydrogen-bond donors (Lipinski definition) is 0. The molecule has 0 aromatic rings. The van der Waals surface area contributed by atoms with Gasteiger partial charge in [-0.05, 0) is 20.0 Å². The summed E-state index contributed by atoms with van der Waals surface area (Å²) in [5.41, 5.74) is 0. The van der Waals surface area contributed by atoms with Crippen LogP contribution in [0.25, 0.3) is 0 Å². The molecular formula is C10H21NO. The van der Waals surface area contributed by atoms with E-state index in [0.29, 0.717) is 12.3 Å². The number of carbonyl (C=O) groups excluding carboxylic acids is 1. The van der Waals surface area contributed by atoms with E-state index in [0.717, 1.165) is 6.54 Å². The summed E-state index contributed by atoms with van der Waals surface area (Å²) in [5, 5.41) is 0. The van der Waals surface area contributed by atoms with Crippen molar-refractivity contribution >= 4 is 5.78 Å². The van der Waals surface area contributed by atoms with Gasteiger partial charge in [0.1, 0.15) is 5.78 Å². The number of hydrogen-bond acceptors (Lipinski definition) is 2. The Kier molecular flexibility index (Phi) is 5.99. The zero-order valence-corrected chi connectivity index (χ0v) is 8.76. The van der Waals surface area contributed by atoms with Crippen LogP contribution < -0.4 is 0 Å². The molecule has 0 amide bonds. The van der Waals surface area contributed by atoms with E-state index in [9.17, 15) is 4.79 Å². The molecule has 0 saturated heterocycles. The van der Waals surface area contributed by atoms with Gasteiger partial charge >= 0.3 is 0 Å². The molecule has 0 aliphatic carbocycles. The normalized spacial score (nSPS) is 11.2. The number of nitrogens with zero attached hydrogens (tertiary/aromatic N) is 1. The Balaban J connectivity index is 3.54. The third-order valence-corrected chi connectivity index (χ3v) is 1.96. The van der Waals surface area contributed by atoms with Crippen LogP contribution >= 0.6 is 0 Å². The van der Waals surface area contributed by atoms with Gasteiger partial charge in [0.25, 0.3) is 0 Å². The van der Waals surface area contributed by atoms with Crippen molar-refractivity contribution < 1.29 is 4.79 Å². The van der Waals surface area contributed by atoms with Gasteiger partial charge in [0, 0.05) is 5.92 Å². The molecule has 0 aromatic carbocycles. The van der Waals surface area contributed by atoms with Crippen molar-refractivity contribution in [2.75, 3.05) is 20.1 Å².